The monoisotopic (exact) mass is 344 g/mol. The van der Waals surface area contributed by atoms with Crippen molar-refractivity contribution in [2.24, 2.45) is 0 Å². The van der Waals surface area contributed by atoms with Gasteiger partial charge < -0.3 is 19.1 Å². The maximum atomic E-state index is 5.36. The normalized spacial score (nSPS) is 18.6. The van der Waals surface area contributed by atoms with Gasteiger partial charge in [-0.15, -0.1) is 0 Å². The Labute approximate surface area is 147 Å². The van der Waals surface area contributed by atoms with Gasteiger partial charge in [0.05, 0.1) is 0 Å². The minimum Gasteiger partial charge on any atom is -0.377 e. The number of nitrogens with zero attached hydrogens (tertiary/aromatic N) is 6. The van der Waals surface area contributed by atoms with Crippen molar-refractivity contribution in [3.8, 4) is 0 Å². The van der Waals surface area contributed by atoms with E-state index in [1.54, 1.807) is 13.4 Å². The van der Waals surface area contributed by atoms with Crippen LogP contribution in [0, 0.1) is 6.92 Å². The molecular formula is C17H24N6O2. The van der Waals surface area contributed by atoms with Crippen LogP contribution in [0.4, 0.5) is 11.8 Å². The second-order valence-corrected chi connectivity index (χ2v) is 6.80. The number of rotatable bonds is 6. The van der Waals surface area contributed by atoms with Gasteiger partial charge in [0.15, 0.2) is 5.82 Å². The predicted molar refractivity (Wildman–Crippen MR) is 92.5 cm³/mol. The number of hydrogen-bond acceptors (Lipinski definition) is 8. The topological polar surface area (TPSA) is 80.4 Å². The molecule has 2 aliphatic rings. The first kappa shape index (κ1) is 16.3. The molecule has 0 aromatic carbocycles. The molecule has 0 unspecified atom stereocenters. The quantitative estimate of drug-likeness (QED) is 0.787. The minimum atomic E-state index is 0.377. The Hall–Kier alpha value is -2.22. The van der Waals surface area contributed by atoms with Crippen molar-refractivity contribution in [3.63, 3.8) is 0 Å². The molecule has 2 aromatic heterocycles. The van der Waals surface area contributed by atoms with Gasteiger partial charge in [0.1, 0.15) is 18.8 Å². The van der Waals surface area contributed by atoms with Crippen LogP contribution in [-0.4, -0.2) is 52.4 Å². The highest BCUT2D eigenvalue weighted by Gasteiger charge is 2.37. The molecule has 1 saturated heterocycles. The third-order valence-corrected chi connectivity index (χ3v) is 4.85. The molecule has 0 atom stereocenters. The number of methoxy groups -OCH3 is 1. The lowest BCUT2D eigenvalue weighted by Crippen LogP contribution is -2.46. The molecular weight excluding hydrogens is 320 g/mol. The Morgan fingerprint density at radius 2 is 1.96 bits per heavy atom. The van der Waals surface area contributed by atoms with Crippen LogP contribution in [0.25, 0.3) is 0 Å². The fraction of sp³-hybridized carbons (Fsp3) is 0.647. The first-order valence-corrected chi connectivity index (χ1v) is 8.88. The summed E-state index contributed by atoms with van der Waals surface area (Å²) in [6, 6.07) is 3.82. The molecule has 134 valence electrons. The Morgan fingerprint density at radius 3 is 2.64 bits per heavy atom. The van der Waals surface area contributed by atoms with Crippen LogP contribution in [0.1, 0.15) is 37.2 Å². The third-order valence-electron chi connectivity index (χ3n) is 4.85. The first-order chi connectivity index (χ1) is 12.2. The summed E-state index contributed by atoms with van der Waals surface area (Å²) in [4.78, 5) is 17.8. The number of aryl methyl sites for hydroxylation is 1. The molecule has 2 aromatic rings. The molecule has 4 rings (SSSR count). The molecule has 1 aliphatic carbocycles. The van der Waals surface area contributed by atoms with E-state index < -0.39 is 0 Å². The van der Waals surface area contributed by atoms with E-state index in [-0.39, 0.29) is 0 Å². The summed E-state index contributed by atoms with van der Waals surface area (Å²) in [5.41, 5.74) is 1.02. The highest BCUT2D eigenvalue weighted by atomic mass is 16.5. The van der Waals surface area contributed by atoms with Crippen molar-refractivity contribution in [2.45, 2.75) is 51.3 Å². The number of anilines is 2. The zero-order valence-electron chi connectivity index (χ0n) is 14.8. The lowest BCUT2D eigenvalue weighted by atomic mass is 10.0. The van der Waals surface area contributed by atoms with Gasteiger partial charge in [0.2, 0.25) is 0 Å². The van der Waals surface area contributed by atoms with Gasteiger partial charge >= 0.3 is 6.01 Å². The summed E-state index contributed by atoms with van der Waals surface area (Å²) >= 11 is 0. The summed E-state index contributed by atoms with van der Waals surface area (Å²) in [7, 11) is 1.63. The summed E-state index contributed by atoms with van der Waals surface area (Å²) in [5.74, 6) is 1.66. The maximum Gasteiger partial charge on any atom is 0.324 e. The molecule has 3 heterocycles. The van der Waals surface area contributed by atoms with Crippen LogP contribution < -0.4 is 9.80 Å². The second kappa shape index (κ2) is 6.95. The molecule has 0 N–H and O–H groups in total. The number of hydrogen-bond donors (Lipinski definition) is 0. The van der Waals surface area contributed by atoms with E-state index in [4.69, 9.17) is 9.26 Å². The van der Waals surface area contributed by atoms with Gasteiger partial charge in [-0.1, -0.05) is 5.16 Å². The molecule has 8 nitrogen and oxygen atoms in total. The van der Waals surface area contributed by atoms with Gasteiger partial charge in [-0.2, -0.15) is 4.98 Å². The summed E-state index contributed by atoms with van der Waals surface area (Å²) in [6.45, 7) is 4.22. The van der Waals surface area contributed by atoms with Gasteiger partial charge in [-0.25, -0.2) is 9.97 Å². The van der Waals surface area contributed by atoms with Crippen LogP contribution in [0.15, 0.2) is 16.9 Å². The van der Waals surface area contributed by atoms with Crippen LogP contribution in [0.3, 0.4) is 0 Å². The van der Waals surface area contributed by atoms with E-state index in [0.717, 1.165) is 37.4 Å². The fourth-order valence-electron chi connectivity index (χ4n) is 3.50. The van der Waals surface area contributed by atoms with Gasteiger partial charge in [0, 0.05) is 44.0 Å². The predicted octanol–water partition coefficient (Wildman–Crippen LogP) is 1.95. The van der Waals surface area contributed by atoms with Gasteiger partial charge in [-0.3, -0.25) is 0 Å². The van der Waals surface area contributed by atoms with Crippen LogP contribution in [0.2, 0.25) is 0 Å². The van der Waals surface area contributed by atoms with E-state index in [1.807, 2.05) is 6.92 Å². The average molecular weight is 344 g/mol. The van der Waals surface area contributed by atoms with Crippen molar-refractivity contribution in [2.75, 3.05) is 30.0 Å². The molecule has 1 saturated carbocycles. The minimum absolute atomic E-state index is 0.377. The smallest absolute Gasteiger partial charge is 0.324 e. The number of aromatic nitrogens is 4. The van der Waals surface area contributed by atoms with Gasteiger partial charge in [0.25, 0.3) is 0 Å². The summed E-state index contributed by atoms with van der Waals surface area (Å²) < 4.78 is 10.4. The Balaban J connectivity index is 1.43. The van der Waals surface area contributed by atoms with Crippen LogP contribution in [-0.2, 0) is 11.3 Å². The molecule has 2 fully saturated rings. The second-order valence-electron chi connectivity index (χ2n) is 6.80. The molecule has 0 bridgehead atoms. The Kier molecular flexibility index (Phi) is 4.52. The zero-order valence-corrected chi connectivity index (χ0v) is 14.8. The number of ether oxygens (including phenoxy) is 1. The summed E-state index contributed by atoms with van der Waals surface area (Å²) in [6.07, 6.45) is 6.30. The van der Waals surface area contributed by atoms with E-state index >= 15 is 0 Å². The molecule has 0 amide bonds. The van der Waals surface area contributed by atoms with Crippen molar-refractivity contribution in [1.29, 1.82) is 0 Å². The first-order valence-electron chi connectivity index (χ1n) is 8.88. The highest BCUT2D eigenvalue weighted by Crippen LogP contribution is 2.35. The highest BCUT2D eigenvalue weighted by molar-refractivity contribution is 5.44. The summed E-state index contributed by atoms with van der Waals surface area (Å²) in [5, 5.41) is 3.95. The molecule has 1 aliphatic heterocycles. The third kappa shape index (κ3) is 3.58. The SMILES string of the molecule is COCc1noc(N2CCC(N(c3cc(C)ncn3)C3CC3)CC2)n1. The van der Waals surface area contributed by atoms with Crippen molar-refractivity contribution < 1.29 is 9.26 Å². The standard InChI is InChI=1S/C17H24N6O2/c1-12-9-16(19-11-18-12)23(13-3-4-13)14-5-7-22(8-6-14)17-20-15(10-24-2)21-25-17/h9,11,13-14H,3-8,10H2,1-2H3. The number of piperidine rings is 1. The molecule has 25 heavy (non-hydrogen) atoms. The van der Waals surface area contributed by atoms with Crippen molar-refractivity contribution in [3.05, 3.63) is 23.9 Å². The maximum absolute atomic E-state index is 5.36. The fourth-order valence-corrected chi connectivity index (χ4v) is 3.50. The molecule has 0 spiro atoms. The van der Waals surface area contributed by atoms with E-state index in [2.05, 4.69) is 36.0 Å². The lowest BCUT2D eigenvalue weighted by Gasteiger charge is -2.38. The lowest BCUT2D eigenvalue weighted by molar-refractivity contribution is 0.174. The van der Waals surface area contributed by atoms with Gasteiger partial charge in [-0.05, 0) is 32.6 Å². The zero-order chi connectivity index (χ0) is 17.2. The van der Waals surface area contributed by atoms with E-state index in [0.29, 0.717) is 30.5 Å². The van der Waals surface area contributed by atoms with Crippen LogP contribution >= 0.6 is 0 Å². The van der Waals surface area contributed by atoms with Crippen molar-refractivity contribution >= 4 is 11.8 Å². The van der Waals surface area contributed by atoms with Crippen LogP contribution in [0.5, 0.6) is 0 Å². The van der Waals surface area contributed by atoms with E-state index in [1.165, 1.54) is 12.8 Å². The van der Waals surface area contributed by atoms with Crippen molar-refractivity contribution in [1.82, 2.24) is 20.1 Å². The molecule has 0 radical (unpaired) electrons. The molecule has 8 heteroatoms. The Morgan fingerprint density at radius 1 is 1.20 bits per heavy atom. The largest absolute Gasteiger partial charge is 0.377 e. The van der Waals surface area contributed by atoms with E-state index in [9.17, 15) is 0 Å². The Bertz CT molecular complexity index is 709. The average Bonchev–Trinajstić information content (AvgIpc) is 3.34.